The van der Waals surface area contributed by atoms with Crippen molar-refractivity contribution in [2.75, 3.05) is 24.5 Å². The number of phenolic OH excluding ortho intramolecular Hbond substituents is 1. The van der Waals surface area contributed by atoms with Crippen LogP contribution in [0.25, 0.3) is 33.1 Å². The van der Waals surface area contributed by atoms with Gasteiger partial charge in [0.15, 0.2) is 17.4 Å². The average molecular weight is 836 g/mol. The third-order valence-electron chi connectivity index (χ3n) is 12.7. The van der Waals surface area contributed by atoms with E-state index in [2.05, 4.69) is 15.5 Å². The molecule has 1 unspecified atom stereocenters. The predicted molar refractivity (Wildman–Crippen MR) is 219 cm³/mol. The molecule has 61 heavy (non-hydrogen) atoms. The first-order valence-corrected chi connectivity index (χ1v) is 20.7. The van der Waals surface area contributed by atoms with Crippen LogP contribution in [0.15, 0.2) is 65.8 Å². The van der Waals surface area contributed by atoms with Crippen LogP contribution in [0.5, 0.6) is 5.75 Å². The number of imide groups is 1. The summed E-state index contributed by atoms with van der Waals surface area (Å²) in [6, 6.07) is 12.0. The van der Waals surface area contributed by atoms with Crippen molar-refractivity contribution < 1.29 is 32.7 Å². The Hall–Kier alpha value is -6.52. The Kier molecular flexibility index (Phi) is 10.6. The molecule has 1 saturated carbocycles. The number of nitrogens with one attached hydrogen (secondary N) is 2. The lowest BCUT2D eigenvalue weighted by atomic mass is 9.86. The van der Waals surface area contributed by atoms with Gasteiger partial charge in [0.05, 0.1) is 28.2 Å². The van der Waals surface area contributed by atoms with Gasteiger partial charge in [0.1, 0.15) is 6.04 Å². The molecule has 0 radical (unpaired) electrons. The summed E-state index contributed by atoms with van der Waals surface area (Å²) >= 11 is 0. The molecule has 2 saturated heterocycles. The number of benzene rings is 3. The second kappa shape index (κ2) is 16.2. The standard InChI is InChI=1S/C44H44F3N9O5/c1-53-36-17-26(4-9-34(36)56(44(53)61)35-10-11-37(57)51-42(35)60)16-24-12-14-54(15-13-24)43-49-21-29(22-50-43)27-5-6-28-23-55(52-33(28)18-27)30-7-2-25(3-8-30)20-48-41(59)31-19-32(45)40(58)39(47)38(31)46/h4-6,9,17-19,21-25,30,35,58H,2-3,7-8,10-16,20H2,1H3,(H,48,59)(H,51,57,60). The first kappa shape index (κ1) is 39.9. The van der Waals surface area contributed by atoms with Gasteiger partial charge in [0, 0.05) is 62.6 Å². The number of hydrogen-bond donors (Lipinski definition) is 3. The zero-order valence-corrected chi connectivity index (χ0v) is 33.4. The first-order valence-electron chi connectivity index (χ1n) is 20.7. The number of aromatic hydroxyl groups is 1. The number of nitrogens with zero attached hydrogens (tertiary/aromatic N) is 7. The Balaban J connectivity index is 0.773. The molecule has 6 aromatic rings. The minimum Gasteiger partial charge on any atom is -0.503 e. The molecule has 3 aromatic carbocycles. The molecule has 17 heteroatoms. The van der Waals surface area contributed by atoms with Crippen LogP contribution in [0.2, 0.25) is 0 Å². The molecule has 2 aliphatic heterocycles. The van der Waals surface area contributed by atoms with Crippen molar-refractivity contribution in [1.29, 1.82) is 0 Å². The summed E-state index contributed by atoms with van der Waals surface area (Å²) in [5.74, 6) is -6.68. The predicted octanol–water partition coefficient (Wildman–Crippen LogP) is 5.87. The summed E-state index contributed by atoms with van der Waals surface area (Å²) in [5, 5.41) is 20.1. The number of aryl methyl sites for hydroxylation is 1. The van der Waals surface area contributed by atoms with E-state index in [0.29, 0.717) is 29.9 Å². The minimum absolute atomic E-state index is 0.107. The molecule has 316 valence electrons. The van der Waals surface area contributed by atoms with Gasteiger partial charge in [-0.15, -0.1) is 0 Å². The van der Waals surface area contributed by atoms with Crippen LogP contribution in [0.4, 0.5) is 19.1 Å². The van der Waals surface area contributed by atoms with Gasteiger partial charge in [-0.05, 0) is 98.6 Å². The number of amides is 3. The molecule has 9 rings (SSSR count). The van der Waals surface area contributed by atoms with E-state index in [0.717, 1.165) is 91.1 Å². The number of piperidine rings is 2. The van der Waals surface area contributed by atoms with E-state index in [1.807, 2.05) is 59.7 Å². The van der Waals surface area contributed by atoms with Crippen molar-refractivity contribution in [1.82, 2.24) is 39.5 Å². The normalized spacial score (nSPS) is 20.1. The molecule has 3 aliphatic rings. The van der Waals surface area contributed by atoms with Crippen LogP contribution >= 0.6 is 0 Å². The molecule has 3 aromatic heterocycles. The van der Waals surface area contributed by atoms with E-state index in [4.69, 9.17) is 15.1 Å². The molecule has 3 N–H and O–H groups in total. The van der Waals surface area contributed by atoms with E-state index in [1.165, 1.54) is 4.57 Å². The number of carbonyl (C=O) groups is 3. The van der Waals surface area contributed by atoms with Crippen molar-refractivity contribution in [2.24, 2.45) is 18.9 Å². The number of fused-ring (bicyclic) bond motifs is 2. The summed E-state index contributed by atoms with van der Waals surface area (Å²) in [6.45, 7) is 1.87. The Bertz CT molecular complexity index is 2750. The molecule has 0 spiro atoms. The van der Waals surface area contributed by atoms with Gasteiger partial charge in [-0.25, -0.2) is 23.5 Å². The fourth-order valence-corrected chi connectivity index (χ4v) is 9.17. The Morgan fingerprint density at radius 3 is 2.36 bits per heavy atom. The summed E-state index contributed by atoms with van der Waals surface area (Å²) in [4.78, 5) is 61.6. The molecular weight excluding hydrogens is 792 g/mol. The summed E-state index contributed by atoms with van der Waals surface area (Å²) in [5.41, 5.74) is 4.20. The van der Waals surface area contributed by atoms with Gasteiger partial charge < -0.3 is 15.3 Å². The van der Waals surface area contributed by atoms with E-state index < -0.39 is 46.6 Å². The van der Waals surface area contributed by atoms with Gasteiger partial charge in [-0.1, -0.05) is 18.2 Å². The molecule has 5 heterocycles. The Morgan fingerprint density at radius 1 is 0.869 bits per heavy atom. The van der Waals surface area contributed by atoms with Crippen LogP contribution in [0.3, 0.4) is 0 Å². The number of anilines is 1. The highest BCUT2D eigenvalue weighted by Gasteiger charge is 2.32. The number of phenols is 1. The first-order chi connectivity index (χ1) is 29.4. The van der Waals surface area contributed by atoms with Crippen molar-refractivity contribution in [3.63, 3.8) is 0 Å². The van der Waals surface area contributed by atoms with Crippen molar-refractivity contribution in [3.8, 4) is 16.9 Å². The van der Waals surface area contributed by atoms with Crippen LogP contribution in [0.1, 0.15) is 79.4 Å². The fourth-order valence-electron chi connectivity index (χ4n) is 9.17. The lowest BCUT2D eigenvalue weighted by molar-refractivity contribution is -0.135. The largest absolute Gasteiger partial charge is 0.503 e. The van der Waals surface area contributed by atoms with Gasteiger partial charge in [0.2, 0.25) is 23.6 Å². The second-order valence-electron chi connectivity index (χ2n) is 16.6. The number of hydrogen-bond acceptors (Lipinski definition) is 9. The van der Waals surface area contributed by atoms with Crippen molar-refractivity contribution in [2.45, 2.75) is 69.9 Å². The number of imidazole rings is 1. The van der Waals surface area contributed by atoms with Gasteiger partial charge in [-0.3, -0.25) is 33.5 Å². The maximum absolute atomic E-state index is 14.1. The van der Waals surface area contributed by atoms with Crippen LogP contribution in [0, 0.1) is 29.3 Å². The lowest BCUT2D eigenvalue weighted by Crippen LogP contribution is -2.44. The number of carbonyl (C=O) groups excluding carboxylic acids is 3. The third-order valence-corrected chi connectivity index (χ3v) is 12.7. The van der Waals surface area contributed by atoms with Crippen LogP contribution in [-0.2, 0) is 23.1 Å². The smallest absolute Gasteiger partial charge is 0.329 e. The van der Waals surface area contributed by atoms with Gasteiger partial charge in [0.25, 0.3) is 5.91 Å². The highest BCUT2D eigenvalue weighted by atomic mass is 19.2. The number of rotatable bonds is 9. The molecule has 1 atom stereocenters. The van der Waals surface area contributed by atoms with Crippen LogP contribution < -0.4 is 21.2 Å². The summed E-state index contributed by atoms with van der Waals surface area (Å²) in [7, 11) is 1.71. The minimum atomic E-state index is -1.79. The Morgan fingerprint density at radius 2 is 1.62 bits per heavy atom. The van der Waals surface area contributed by atoms with Gasteiger partial charge >= 0.3 is 5.69 Å². The lowest BCUT2D eigenvalue weighted by Gasteiger charge is -2.32. The molecule has 0 bridgehead atoms. The van der Waals surface area contributed by atoms with E-state index >= 15 is 0 Å². The molecule has 3 fully saturated rings. The van der Waals surface area contributed by atoms with E-state index in [-0.39, 0.29) is 36.5 Å². The second-order valence-corrected chi connectivity index (χ2v) is 16.6. The zero-order valence-electron chi connectivity index (χ0n) is 33.4. The maximum Gasteiger partial charge on any atom is 0.329 e. The summed E-state index contributed by atoms with van der Waals surface area (Å²) < 4.78 is 46.7. The monoisotopic (exact) mass is 835 g/mol. The molecule has 3 amide bonds. The van der Waals surface area contributed by atoms with E-state index in [1.54, 1.807) is 11.6 Å². The van der Waals surface area contributed by atoms with Crippen molar-refractivity contribution in [3.05, 3.63) is 100 Å². The molecule has 14 nitrogen and oxygen atoms in total. The zero-order chi connectivity index (χ0) is 42.5. The molecule has 1 aliphatic carbocycles. The topological polar surface area (TPSA) is 169 Å². The number of aromatic nitrogens is 6. The van der Waals surface area contributed by atoms with Gasteiger partial charge in [-0.2, -0.15) is 9.49 Å². The highest BCUT2D eigenvalue weighted by molar-refractivity contribution is 6.00. The fraction of sp³-hybridized carbons (Fsp3) is 0.386. The summed E-state index contributed by atoms with van der Waals surface area (Å²) in [6.07, 6.45) is 12.2. The number of halogens is 3. The molecular formula is C44H44F3N9O5. The van der Waals surface area contributed by atoms with Crippen molar-refractivity contribution >= 4 is 45.6 Å². The maximum atomic E-state index is 14.1. The Labute approximate surface area is 347 Å². The average Bonchev–Trinajstić information content (AvgIpc) is 3.81. The third kappa shape index (κ3) is 7.72. The quantitative estimate of drug-likeness (QED) is 0.119. The van der Waals surface area contributed by atoms with Crippen LogP contribution in [-0.4, -0.2) is 71.3 Å². The SMILES string of the molecule is Cn1c(=O)n(C2CCC(=O)NC2=O)c2ccc(CC3CCN(c4ncc(-c5ccc6cn(C7CCC(CNC(=O)c8cc(F)c(O)c(F)c8F)CC7)nc6c5)cn4)CC3)cc21. The highest BCUT2D eigenvalue weighted by Crippen LogP contribution is 2.34. The van der Waals surface area contributed by atoms with E-state index in [9.17, 15) is 37.5 Å².